The van der Waals surface area contributed by atoms with E-state index in [4.69, 9.17) is 15.0 Å². The number of aromatic nitrogens is 4. The largest absolute Gasteiger partial charge is 0.256 e. The van der Waals surface area contributed by atoms with Gasteiger partial charge in [-0.1, -0.05) is 166 Å². The van der Waals surface area contributed by atoms with E-state index in [0.717, 1.165) is 39.1 Å². The highest BCUT2D eigenvalue weighted by molar-refractivity contribution is 6.01. The summed E-state index contributed by atoms with van der Waals surface area (Å²) in [6.45, 7) is 4.73. The maximum Gasteiger partial charge on any atom is 0.164 e. The number of hydrogen-bond donors (Lipinski definition) is 0. The van der Waals surface area contributed by atoms with E-state index in [1.54, 1.807) is 0 Å². The van der Waals surface area contributed by atoms with E-state index < -0.39 is 0 Å². The number of benzene rings is 7. The van der Waals surface area contributed by atoms with Gasteiger partial charge in [0.25, 0.3) is 0 Å². The van der Waals surface area contributed by atoms with Gasteiger partial charge in [-0.2, -0.15) is 0 Å². The van der Waals surface area contributed by atoms with Crippen LogP contribution in [0.2, 0.25) is 0 Å². The summed E-state index contributed by atoms with van der Waals surface area (Å²) in [5, 5.41) is 2.61. The minimum absolute atomic E-state index is 0.114. The first-order valence-electron chi connectivity index (χ1n) is 18.7. The summed E-state index contributed by atoms with van der Waals surface area (Å²) in [7, 11) is 0. The van der Waals surface area contributed by atoms with Gasteiger partial charge in [-0.3, -0.25) is 4.98 Å². The van der Waals surface area contributed by atoms with Gasteiger partial charge < -0.3 is 0 Å². The summed E-state index contributed by atoms with van der Waals surface area (Å²) >= 11 is 0. The van der Waals surface area contributed by atoms with Crippen LogP contribution in [0.25, 0.3) is 89.6 Å². The van der Waals surface area contributed by atoms with Gasteiger partial charge >= 0.3 is 0 Å². The van der Waals surface area contributed by atoms with Crippen molar-refractivity contribution < 1.29 is 0 Å². The van der Waals surface area contributed by atoms with Crippen LogP contribution >= 0.6 is 0 Å². The molecule has 9 aromatic rings. The van der Waals surface area contributed by atoms with Crippen LogP contribution in [0.1, 0.15) is 25.0 Å². The molecule has 1 aliphatic carbocycles. The van der Waals surface area contributed by atoms with Crippen molar-refractivity contribution in [3.8, 4) is 78.8 Å². The van der Waals surface area contributed by atoms with Crippen LogP contribution in [0.4, 0.5) is 0 Å². The fourth-order valence-corrected chi connectivity index (χ4v) is 8.27. The summed E-state index contributed by atoms with van der Waals surface area (Å²) in [5.41, 5.74) is 14.8. The Labute approximate surface area is 320 Å². The molecule has 4 nitrogen and oxygen atoms in total. The molecule has 0 N–H and O–H groups in total. The maximum atomic E-state index is 5.06. The second-order valence-electron chi connectivity index (χ2n) is 14.7. The van der Waals surface area contributed by atoms with E-state index in [2.05, 4.69) is 146 Å². The highest BCUT2D eigenvalue weighted by atomic mass is 15.0. The molecule has 1 aliphatic rings. The Bertz CT molecular complexity index is 2880. The third-order valence-electron chi connectivity index (χ3n) is 11.0. The van der Waals surface area contributed by atoms with Crippen LogP contribution in [0, 0.1) is 0 Å². The minimum Gasteiger partial charge on any atom is -0.256 e. The molecule has 0 spiro atoms. The van der Waals surface area contributed by atoms with E-state index >= 15 is 0 Å². The monoisotopic (exact) mass is 704 g/mol. The predicted molar refractivity (Wildman–Crippen MR) is 225 cm³/mol. The number of hydrogen-bond acceptors (Lipinski definition) is 4. The molecule has 0 atom stereocenters. The third kappa shape index (κ3) is 5.71. The molecule has 0 unspecified atom stereocenters. The maximum absolute atomic E-state index is 5.06. The zero-order valence-corrected chi connectivity index (χ0v) is 30.6. The second-order valence-corrected chi connectivity index (χ2v) is 14.7. The quantitative estimate of drug-likeness (QED) is 0.173. The van der Waals surface area contributed by atoms with Gasteiger partial charge in [-0.15, -0.1) is 0 Å². The first-order chi connectivity index (χ1) is 27.0. The van der Waals surface area contributed by atoms with Crippen molar-refractivity contribution in [3.05, 3.63) is 193 Å². The Morgan fingerprint density at radius 1 is 0.400 bits per heavy atom. The van der Waals surface area contributed by atoms with Crippen LogP contribution in [0.15, 0.2) is 182 Å². The normalized spacial score (nSPS) is 12.7. The number of rotatable bonds is 6. The third-order valence-corrected chi connectivity index (χ3v) is 11.0. The van der Waals surface area contributed by atoms with Crippen LogP contribution in [0.5, 0.6) is 0 Å². The molecule has 0 bridgehead atoms. The lowest BCUT2D eigenvalue weighted by atomic mass is 9.80. The molecular weight excluding hydrogens is 669 g/mol. The van der Waals surface area contributed by atoms with Gasteiger partial charge in [-0.25, -0.2) is 15.0 Å². The molecule has 10 rings (SSSR count). The zero-order chi connectivity index (χ0) is 36.9. The first kappa shape index (κ1) is 32.6. The molecule has 0 saturated carbocycles. The summed E-state index contributed by atoms with van der Waals surface area (Å²) < 4.78 is 0. The predicted octanol–water partition coefficient (Wildman–Crippen LogP) is 12.7. The molecule has 2 aromatic heterocycles. The Morgan fingerprint density at radius 3 is 1.73 bits per heavy atom. The first-order valence-corrected chi connectivity index (χ1v) is 18.7. The van der Waals surface area contributed by atoms with Crippen molar-refractivity contribution in [1.82, 2.24) is 19.9 Å². The number of fused-ring (bicyclic) bond motifs is 5. The van der Waals surface area contributed by atoms with E-state index in [0.29, 0.717) is 17.5 Å². The van der Waals surface area contributed by atoms with Crippen LogP contribution in [0.3, 0.4) is 0 Å². The van der Waals surface area contributed by atoms with E-state index in [1.165, 1.54) is 44.2 Å². The van der Waals surface area contributed by atoms with Gasteiger partial charge in [0.05, 0.1) is 5.69 Å². The topological polar surface area (TPSA) is 51.6 Å². The Kier molecular flexibility index (Phi) is 7.77. The SMILES string of the molecule is CC1(C)c2cccc(-c3cccc(-c4cccc(-c5nc(-c6ccccc6)nc(-c6ccc(-c7ccccn7)cc6)n5)c4)c3)c2-c2ccc3ccccc3c21. The smallest absolute Gasteiger partial charge is 0.164 e. The number of pyridine rings is 1. The molecule has 2 heterocycles. The van der Waals surface area contributed by atoms with E-state index in [1.807, 2.05) is 54.7 Å². The van der Waals surface area contributed by atoms with Gasteiger partial charge in [0.15, 0.2) is 17.5 Å². The summed E-state index contributed by atoms with van der Waals surface area (Å²) in [5.74, 6) is 1.89. The average molecular weight is 705 g/mol. The van der Waals surface area contributed by atoms with Crippen LogP contribution in [-0.4, -0.2) is 19.9 Å². The van der Waals surface area contributed by atoms with Crippen molar-refractivity contribution in [1.29, 1.82) is 0 Å². The van der Waals surface area contributed by atoms with E-state index in [9.17, 15) is 0 Å². The second kappa shape index (κ2) is 13.1. The lowest BCUT2D eigenvalue weighted by Crippen LogP contribution is -2.15. The van der Waals surface area contributed by atoms with Crippen molar-refractivity contribution in [3.63, 3.8) is 0 Å². The molecule has 0 fully saturated rings. The fraction of sp³-hybridized carbons (Fsp3) is 0.0588. The van der Waals surface area contributed by atoms with Crippen LogP contribution < -0.4 is 0 Å². The highest BCUT2D eigenvalue weighted by Crippen LogP contribution is 2.54. The molecular formula is C51H36N4. The zero-order valence-electron chi connectivity index (χ0n) is 30.6. The van der Waals surface area contributed by atoms with Gasteiger partial charge in [-0.05, 0) is 79.5 Å². The Hall–Kier alpha value is -7.04. The summed E-state index contributed by atoms with van der Waals surface area (Å²) in [4.78, 5) is 19.6. The van der Waals surface area contributed by atoms with Gasteiger partial charge in [0.1, 0.15) is 0 Å². The molecule has 4 heteroatoms. The van der Waals surface area contributed by atoms with Crippen LogP contribution in [-0.2, 0) is 5.41 Å². The molecule has 260 valence electrons. The Balaban J connectivity index is 1.05. The van der Waals surface area contributed by atoms with Crippen molar-refractivity contribution >= 4 is 10.8 Å². The van der Waals surface area contributed by atoms with Crippen molar-refractivity contribution in [2.75, 3.05) is 0 Å². The molecule has 7 aromatic carbocycles. The molecule has 55 heavy (non-hydrogen) atoms. The summed E-state index contributed by atoms with van der Waals surface area (Å²) in [6.07, 6.45) is 1.81. The van der Waals surface area contributed by atoms with Crippen molar-refractivity contribution in [2.24, 2.45) is 0 Å². The molecule has 0 radical (unpaired) electrons. The lowest BCUT2D eigenvalue weighted by molar-refractivity contribution is 0.666. The van der Waals surface area contributed by atoms with Gasteiger partial charge in [0.2, 0.25) is 0 Å². The van der Waals surface area contributed by atoms with Gasteiger partial charge in [0, 0.05) is 33.9 Å². The fourth-order valence-electron chi connectivity index (χ4n) is 8.27. The van der Waals surface area contributed by atoms with E-state index in [-0.39, 0.29) is 5.41 Å². The molecule has 0 amide bonds. The molecule has 0 saturated heterocycles. The summed E-state index contributed by atoms with van der Waals surface area (Å²) in [6, 6.07) is 61.9. The standard InChI is InChI=1S/C51H36N4/c1-51(2)44-22-12-21-41(46(44)43-29-28-33-13-6-7-20-42(33)47(43)51)39-18-10-16-37(31-39)38-17-11-19-40(32-38)50-54-48(35-14-4-3-5-15-35)53-49(55-50)36-26-24-34(25-27-36)45-23-8-9-30-52-45/h3-32H,1-2H3. The minimum atomic E-state index is -0.114. The van der Waals surface area contributed by atoms with Crippen molar-refractivity contribution in [2.45, 2.75) is 19.3 Å². The number of nitrogens with zero attached hydrogens (tertiary/aromatic N) is 4. The average Bonchev–Trinajstić information content (AvgIpc) is 3.50. The lowest BCUT2D eigenvalue weighted by Gasteiger charge is -2.23. The Morgan fingerprint density at radius 2 is 0.982 bits per heavy atom. The molecule has 0 aliphatic heterocycles. The highest BCUT2D eigenvalue weighted by Gasteiger charge is 2.38.